The molecule has 2 bridgehead atoms. The summed E-state index contributed by atoms with van der Waals surface area (Å²) in [6.45, 7) is 17.3. The van der Waals surface area contributed by atoms with Gasteiger partial charge in [-0.05, 0) is 151 Å². The second-order valence-electron chi connectivity index (χ2n) is 32.5. The van der Waals surface area contributed by atoms with Crippen molar-refractivity contribution < 1.29 is 101 Å². The van der Waals surface area contributed by atoms with E-state index in [1.54, 1.807) is 57.7 Å². The zero-order valence-electron chi connectivity index (χ0n) is 72.1. The van der Waals surface area contributed by atoms with Crippen LogP contribution >= 0.6 is 0 Å². The van der Waals surface area contributed by atoms with Crippen molar-refractivity contribution in [1.82, 2.24) is 49.5 Å². The Morgan fingerprint density at radius 3 is 2.17 bits per heavy atom. The van der Waals surface area contributed by atoms with Crippen LogP contribution in [0.4, 0.5) is 11.8 Å². The van der Waals surface area contributed by atoms with E-state index >= 15 is 0 Å². The summed E-state index contributed by atoms with van der Waals surface area (Å²) in [7, 11) is 4.99. The van der Waals surface area contributed by atoms with Crippen LogP contribution in [-0.2, 0) is 100 Å². The van der Waals surface area contributed by atoms with Gasteiger partial charge in [0.25, 0.3) is 17.7 Å². The summed E-state index contributed by atoms with van der Waals surface area (Å²) >= 11 is 0. The van der Waals surface area contributed by atoms with Crippen LogP contribution in [-0.4, -0.2) is 281 Å². The van der Waals surface area contributed by atoms with Crippen molar-refractivity contribution in [2.75, 3.05) is 132 Å². The molecular formula is C87H131N13O21. The van der Waals surface area contributed by atoms with Crippen LogP contribution in [0.25, 0.3) is 33.4 Å². The van der Waals surface area contributed by atoms with Crippen LogP contribution < -0.4 is 17.2 Å². The number of unbranched alkanes of at least 4 members (excludes halogenated alkanes) is 2. The highest BCUT2D eigenvalue weighted by Gasteiger charge is 2.53. The van der Waals surface area contributed by atoms with Gasteiger partial charge in [0.2, 0.25) is 11.7 Å². The van der Waals surface area contributed by atoms with Crippen molar-refractivity contribution in [3.63, 3.8) is 0 Å². The summed E-state index contributed by atoms with van der Waals surface area (Å²) in [6, 6.07) is 3.45. The molecule has 2 amide bonds. The fourth-order valence-corrected chi connectivity index (χ4v) is 16.0. The van der Waals surface area contributed by atoms with Crippen molar-refractivity contribution in [1.29, 1.82) is 0 Å². The number of anilines is 2. The molecule has 3 fully saturated rings. The molecule has 0 unspecified atom stereocenters. The minimum absolute atomic E-state index is 0.00535. The van der Waals surface area contributed by atoms with Gasteiger partial charge in [0.15, 0.2) is 17.0 Å². The lowest BCUT2D eigenvalue weighted by molar-refractivity contribution is -0.265. The summed E-state index contributed by atoms with van der Waals surface area (Å²) in [5.74, 6) is -8.58. The van der Waals surface area contributed by atoms with Crippen LogP contribution in [0.15, 0.2) is 82.7 Å². The standard InChI is InChI=1S/C87H131N13O21/c1-56-19-11-10-12-20-57(2)72(110-8)52-65-26-23-61(6)87(109,121-65)81(106)84(107)99-31-15-13-22-68(99)85(108)119-73(53-69(101)58(3)48-60(5)79(104)80(105)78(103)59(4)47-56)66(88)49-62-24-27-71(74(50-62)111-9)118-34-18-14-21-64-54-98(96-94-64)33-36-113-38-40-115-42-44-117-46-45-116-43-41-114-39-37-112-35-29-75(102)97(7)30-16-17-32-100-83-76(82(89)91-55-92-83)77(95-100)63-25-28-70-67(51-63)93-86(90)120-70/h10-12,19-20,25,28,48,51,54-56,58-59,61-62,65-66,68,71-74,79-80,104-105,109H,13-18,21-24,26-27,29-47,49-50,52-53,88H2,1-9H3,(H2,90,93)(H2,89,91,92)/b12-10+,19-11+,57-20+,60-48+/t56-,58-,59-,61-,62+,65+,66-,68+,71-,72+,73+,74-,79-,80+,87-/m1/s1. The maximum Gasteiger partial charge on any atom is 0.329 e. The molecule has 9 N–H and O–H groups in total. The van der Waals surface area contributed by atoms with Crippen molar-refractivity contribution in [2.45, 2.75) is 231 Å². The number of rotatable bonds is 38. The van der Waals surface area contributed by atoms with Gasteiger partial charge in [-0.15, -0.1) is 5.10 Å². The number of carbonyl (C=O) groups is 6. The smallest absolute Gasteiger partial charge is 0.329 e. The third-order valence-corrected chi connectivity index (χ3v) is 23.3. The minimum Gasteiger partial charge on any atom is -0.459 e. The van der Waals surface area contributed by atoms with Gasteiger partial charge in [0.05, 0.1) is 128 Å². The number of piperidine rings is 1. The van der Waals surface area contributed by atoms with Gasteiger partial charge < -0.3 is 98.8 Å². The zero-order chi connectivity index (χ0) is 87.0. The number of cyclic esters (lactones) is 1. The number of amides is 2. The Bertz CT molecular complexity index is 4220. The number of esters is 1. The van der Waals surface area contributed by atoms with Gasteiger partial charge >= 0.3 is 5.97 Å². The zero-order valence-corrected chi connectivity index (χ0v) is 72.1. The average molecular weight is 1700 g/mol. The lowest BCUT2D eigenvalue weighted by Crippen LogP contribution is -2.61. The lowest BCUT2D eigenvalue weighted by atomic mass is 9.80. The first-order valence-corrected chi connectivity index (χ1v) is 43.0. The molecule has 15 atom stereocenters. The van der Waals surface area contributed by atoms with E-state index in [0.717, 1.165) is 47.4 Å². The molecule has 5 aromatic rings. The third kappa shape index (κ3) is 28.9. The molecule has 3 aliphatic heterocycles. The molecule has 1 aliphatic carbocycles. The average Bonchev–Trinajstić information content (AvgIpc) is 1.70. The molecule has 34 nitrogen and oxygen atoms in total. The lowest BCUT2D eigenvalue weighted by Gasteiger charge is -2.42. The Balaban J connectivity index is 0.616. The first-order chi connectivity index (χ1) is 58.3. The summed E-state index contributed by atoms with van der Waals surface area (Å²) in [5.41, 5.74) is 24.2. The largest absolute Gasteiger partial charge is 0.459 e. The number of Topliss-reactive ketones (excluding diaryl/α,β-unsaturated/α-hetero) is 3. The van der Waals surface area contributed by atoms with Crippen LogP contribution in [0.3, 0.4) is 0 Å². The van der Waals surface area contributed by atoms with Gasteiger partial charge in [-0.2, -0.15) is 10.1 Å². The minimum atomic E-state index is -2.49. The number of allylic oxidation sites excluding steroid dienone is 6. The fourth-order valence-electron chi connectivity index (χ4n) is 16.0. The van der Waals surface area contributed by atoms with Crippen LogP contribution in [0.2, 0.25) is 0 Å². The van der Waals surface area contributed by atoms with Crippen molar-refractivity contribution in [3.05, 3.63) is 84.0 Å². The second kappa shape index (κ2) is 49.3. The Morgan fingerprint density at radius 2 is 1.46 bits per heavy atom. The molecule has 670 valence electrons. The number of benzene rings is 1. The van der Waals surface area contributed by atoms with Crippen LogP contribution in [0.1, 0.15) is 156 Å². The third-order valence-electron chi connectivity index (χ3n) is 23.3. The number of oxazole rings is 1. The van der Waals surface area contributed by atoms with Gasteiger partial charge in [0, 0.05) is 95.9 Å². The summed E-state index contributed by atoms with van der Waals surface area (Å²) in [5, 5.41) is 48.8. The quantitative estimate of drug-likeness (QED) is 0.00969. The predicted molar refractivity (Wildman–Crippen MR) is 449 cm³/mol. The van der Waals surface area contributed by atoms with Crippen molar-refractivity contribution in [2.24, 2.45) is 35.3 Å². The maximum atomic E-state index is 14.7. The number of aromatic nitrogens is 8. The number of nitrogens with two attached hydrogens (primary N) is 3. The van der Waals surface area contributed by atoms with E-state index < -0.39 is 95.4 Å². The van der Waals surface area contributed by atoms with E-state index in [1.165, 1.54) is 19.3 Å². The highest BCUT2D eigenvalue weighted by Crippen LogP contribution is 2.39. The molecule has 1 saturated carbocycles. The van der Waals surface area contributed by atoms with E-state index in [4.69, 9.17) is 78.8 Å². The molecule has 1 aromatic carbocycles. The first-order valence-electron chi connectivity index (χ1n) is 43.0. The number of aliphatic hydroxyl groups excluding tert-OH is 2. The summed E-state index contributed by atoms with van der Waals surface area (Å²) in [4.78, 5) is 100. The van der Waals surface area contributed by atoms with E-state index in [-0.39, 0.29) is 73.8 Å². The second-order valence-corrected chi connectivity index (χ2v) is 32.5. The number of nitrogens with zero attached hydrogens (tertiary/aromatic N) is 10. The number of methoxy groups -OCH3 is 2. The SMILES string of the molecule is CO[C@H]1C[C@@H]2CC[C@@H](C)[C@@](O)(O2)C(=O)C(=O)N2CCCC[C@H]2C(=O)O[C@H]([C@H](N)C[C@@H]2CC[C@@H](OCCCCc3cn(CCOCCOCCOCCOCCOCCOCCC(=O)N(C)CCCCn4nc(-c5ccc6oc(N)nc6c5)c5c(N)ncnc54)nn3)[C@H](OC)C2)CC(=O)[C@H](C)/C=C(\C)[C@@H](O)[C@@H](O)C(=O)[C@H](C)C[C@H](C)/C=C/C=C/C=C/1C. The van der Waals surface area contributed by atoms with Crippen LogP contribution in [0, 0.1) is 29.6 Å². The summed E-state index contributed by atoms with van der Waals surface area (Å²) in [6.07, 6.45) is 16.7. The Morgan fingerprint density at radius 1 is 0.752 bits per heavy atom. The molecular weight excluding hydrogens is 1560 g/mol. The van der Waals surface area contributed by atoms with Gasteiger partial charge in [-0.25, -0.2) is 24.1 Å². The normalized spacial score (nSPS) is 27.3. The van der Waals surface area contributed by atoms with Crippen LogP contribution in [0.5, 0.6) is 0 Å². The number of hydrogen-bond donors (Lipinski definition) is 6. The maximum absolute atomic E-state index is 14.7. The molecule has 7 heterocycles. The molecule has 9 rings (SSSR count). The van der Waals surface area contributed by atoms with Crippen molar-refractivity contribution in [3.8, 4) is 11.3 Å². The van der Waals surface area contributed by atoms with E-state index in [0.29, 0.717) is 203 Å². The molecule has 4 aromatic heterocycles. The van der Waals surface area contributed by atoms with Crippen molar-refractivity contribution >= 4 is 69.1 Å². The highest BCUT2D eigenvalue weighted by atomic mass is 16.6. The Hall–Kier alpha value is -8.20. The number of ketones is 3. The van der Waals surface area contributed by atoms with Gasteiger partial charge in [0.1, 0.15) is 53.5 Å². The first kappa shape index (κ1) is 96.6. The van der Waals surface area contributed by atoms with E-state index in [2.05, 4.69) is 25.3 Å². The molecule has 0 spiro atoms. The molecule has 0 radical (unpaired) electrons. The van der Waals surface area contributed by atoms with Gasteiger partial charge in [-0.1, -0.05) is 69.4 Å². The number of aryl methyl sites for hydroxylation is 2. The number of carbonyl (C=O) groups excluding carboxylic acids is 6. The number of fused-ring (bicyclic) bond motifs is 5. The fraction of sp³-hybridized carbons (Fsp3) is 0.678. The number of ether oxygens (including phenoxy) is 11. The highest BCUT2D eigenvalue weighted by molar-refractivity contribution is 6.39. The monoisotopic (exact) mass is 1690 g/mol. The molecule has 121 heavy (non-hydrogen) atoms. The Labute approximate surface area is 709 Å². The Kier molecular flexibility index (Phi) is 39.4. The predicted octanol–water partition coefficient (Wildman–Crippen LogP) is 7.40. The number of hydrogen-bond acceptors (Lipinski definition) is 30. The van der Waals surface area contributed by atoms with E-state index in [9.17, 15) is 44.1 Å². The number of nitrogen functional groups attached to an aromatic ring is 2. The molecule has 34 heteroatoms. The topological polar surface area (TPSA) is 450 Å². The molecule has 2 saturated heterocycles. The van der Waals surface area contributed by atoms with Gasteiger partial charge in [-0.3, -0.25) is 24.0 Å². The molecule has 4 aliphatic rings. The summed E-state index contributed by atoms with van der Waals surface area (Å²) < 4.78 is 73.7. The van der Waals surface area contributed by atoms with E-state index in [1.807, 2.05) is 67.2 Å². The number of aliphatic hydroxyl groups is 3.